The van der Waals surface area contributed by atoms with Crippen molar-refractivity contribution in [2.24, 2.45) is 5.73 Å². The van der Waals surface area contributed by atoms with Crippen LogP contribution < -0.4 is 10.6 Å². The zero-order chi connectivity index (χ0) is 13.7. The number of nitrogens with two attached hydrogens (primary N) is 1. The van der Waals surface area contributed by atoms with Gasteiger partial charge in [0.25, 0.3) is 0 Å². The van der Waals surface area contributed by atoms with E-state index in [9.17, 15) is 8.78 Å². The van der Waals surface area contributed by atoms with E-state index in [-0.39, 0.29) is 5.82 Å². The van der Waals surface area contributed by atoms with Crippen LogP contribution in [0.15, 0.2) is 42.6 Å². The van der Waals surface area contributed by atoms with Crippen LogP contribution in [0.5, 0.6) is 0 Å². The van der Waals surface area contributed by atoms with Gasteiger partial charge in [-0.3, -0.25) is 0 Å². The van der Waals surface area contributed by atoms with Gasteiger partial charge in [-0.15, -0.1) is 0 Å². The Morgan fingerprint density at radius 3 is 2.58 bits per heavy atom. The van der Waals surface area contributed by atoms with Gasteiger partial charge >= 0.3 is 0 Å². The van der Waals surface area contributed by atoms with E-state index in [0.29, 0.717) is 24.6 Å². The Morgan fingerprint density at radius 1 is 1.11 bits per heavy atom. The summed E-state index contributed by atoms with van der Waals surface area (Å²) in [6.45, 7) is 1.12. The van der Waals surface area contributed by atoms with Gasteiger partial charge in [-0.2, -0.15) is 0 Å². The average Bonchev–Trinajstić information content (AvgIpc) is 2.41. The fourth-order valence-electron chi connectivity index (χ4n) is 1.80. The van der Waals surface area contributed by atoms with Gasteiger partial charge in [0.05, 0.1) is 6.20 Å². The lowest BCUT2D eigenvalue weighted by Gasteiger charge is -2.23. The highest BCUT2D eigenvalue weighted by Crippen LogP contribution is 2.24. The van der Waals surface area contributed by atoms with Crippen molar-refractivity contribution in [3.05, 3.63) is 54.2 Å². The molecule has 0 radical (unpaired) electrons. The molecule has 0 saturated carbocycles. The molecule has 1 aromatic carbocycles. The summed E-state index contributed by atoms with van der Waals surface area (Å²) in [5, 5.41) is 0. The standard InChI is InChI=1S/C14H15F2N3/c15-11-3-1-4-13(9-11)19(8-2-7-17)14-6-5-12(16)10-18-14/h1,3-6,9-10H,2,7-8,17H2. The van der Waals surface area contributed by atoms with Gasteiger partial charge in [0, 0.05) is 12.2 Å². The summed E-state index contributed by atoms with van der Waals surface area (Å²) in [5.41, 5.74) is 6.18. The molecule has 1 heterocycles. The van der Waals surface area contributed by atoms with E-state index in [2.05, 4.69) is 4.98 Å². The second-order valence-corrected chi connectivity index (χ2v) is 4.11. The van der Waals surface area contributed by atoms with E-state index in [1.165, 1.54) is 18.2 Å². The lowest BCUT2D eigenvalue weighted by Crippen LogP contribution is -2.22. The van der Waals surface area contributed by atoms with Crippen molar-refractivity contribution in [1.29, 1.82) is 0 Å². The summed E-state index contributed by atoms with van der Waals surface area (Å²) in [6.07, 6.45) is 1.87. The minimum atomic E-state index is -0.401. The molecule has 2 N–H and O–H groups in total. The maximum absolute atomic E-state index is 13.3. The molecule has 0 aliphatic heterocycles. The first-order valence-corrected chi connectivity index (χ1v) is 6.05. The fourth-order valence-corrected chi connectivity index (χ4v) is 1.80. The Balaban J connectivity index is 2.32. The highest BCUT2D eigenvalue weighted by molar-refractivity contribution is 5.59. The van der Waals surface area contributed by atoms with Gasteiger partial charge in [-0.05, 0) is 43.3 Å². The number of rotatable bonds is 5. The molecule has 2 rings (SSSR count). The van der Waals surface area contributed by atoms with E-state index in [1.807, 2.05) is 4.90 Å². The summed E-state index contributed by atoms with van der Waals surface area (Å²) in [4.78, 5) is 5.84. The zero-order valence-electron chi connectivity index (χ0n) is 10.4. The van der Waals surface area contributed by atoms with Crippen LogP contribution >= 0.6 is 0 Å². The maximum Gasteiger partial charge on any atom is 0.141 e. The molecule has 5 heteroatoms. The molecule has 1 aromatic heterocycles. The first kappa shape index (κ1) is 13.4. The number of pyridine rings is 1. The van der Waals surface area contributed by atoms with Crippen LogP contribution in [0.3, 0.4) is 0 Å². The predicted molar refractivity (Wildman–Crippen MR) is 71.3 cm³/mol. The third-order valence-corrected chi connectivity index (χ3v) is 2.69. The second-order valence-electron chi connectivity index (χ2n) is 4.11. The topological polar surface area (TPSA) is 42.1 Å². The van der Waals surface area contributed by atoms with Gasteiger partial charge in [0.15, 0.2) is 0 Å². The molecular weight excluding hydrogens is 248 g/mol. The molecule has 0 unspecified atom stereocenters. The number of benzene rings is 1. The van der Waals surface area contributed by atoms with Gasteiger partial charge in [0.1, 0.15) is 17.5 Å². The quantitative estimate of drug-likeness (QED) is 0.902. The Kier molecular flexibility index (Phi) is 4.41. The number of hydrogen-bond donors (Lipinski definition) is 1. The van der Waals surface area contributed by atoms with Gasteiger partial charge in [-0.1, -0.05) is 6.07 Å². The third-order valence-electron chi connectivity index (χ3n) is 2.69. The van der Waals surface area contributed by atoms with Crippen LogP contribution in [0.1, 0.15) is 6.42 Å². The monoisotopic (exact) mass is 263 g/mol. The van der Waals surface area contributed by atoms with E-state index >= 15 is 0 Å². The SMILES string of the molecule is NCCCN(c1cccc(F)c1)c1ccc(F)cn1. The summed E-state index contributed by atoms with van der Waals surface area (Å²) >= 11 is 0. The summed E-state index contributed by atoms with van der Waals surface area (Å²) in [5.74, 6) is -0.153. The molecule has 0 aliphatic carbocycles. The van der Waals surface area contributed by atoms with Crippen molar-refractivity contribution in [3.8, 4) is 0 Å². The minimum Gasteiger partial charge on any atom is -0.330 e. The highest BCUT2D eigenvalue weighted by atomic mass is 19.1. The molecule has 0 amide bonds. The molecule has 0 atom stereocenters. The van der Waals surface area contributed by atoms with Crippen LogP contribution in [0.4, 0.5) is 20.3 Å². The van der Waals surface area contributed by atoms with Crippen molar-refractivity contribution in [3.63, 3.8) is 0 Å². The van der Waals surface area contributed by atoms with Crippen LogP contribution in [-0.2, 0) is 0 Å². The molecule has 0 saturated heterocycles. The molecule has 3 nitrogen and oxygen atoms in total. The lowest BCUT2D eigenvalue weighted by atomic mass is 10.2. The second kappa shape index (κ2) is 6.24. The normalized spacial score (nSPS) is 10.5. The fraction of sp³-hybridized carbons (Fsp3) is 0.214. The third kappa shape index (κ3) is 3.48. The molecule has 0 spiro atoms. The molecule has 0 aliphatic rings. The number of nitrogens with zero attached hydrogens (tertiary/aromatic N) is 2. The Bertz CT molecular complexity index is 528. The first-order valence-electron chi connectivity index (χ1n) is 6.05. The predicted octanol–water partition coefficient (Wildman–Crippen LogP) is 2.85. The molecule has 0 bridgehead atoms. The van der Waals surface area contributed by atoms with Gasteiger partial charge < -0.3 is 10.6 Å². The van der Waals surface area contributed by atoms with Crippen molar-refractivity contribution < 1.29 is 8.78 Å². The Hall–Kier alpha value is -2.01. The number of halogens is 2. The van der Waals surface area contributed by atoms with E-state index in [4.69, 9.17) is 5.73 Å². The Morgan fingerprint density at radius 2 is 1.95 bits per heavy atom. The minimum absolute atomic E-state index is 0.322. The maximum atomic E-state index is 13.3. The van der Waals surface area contributed by atoms with Crippen molar-refractivity contribution >= 4 is 11.5 Å². The summed E-state index contributed by atoms with van der Waals surface area (Å²) in [6, 6.07) is 9.10. The van der Waals surface area contributed by atoms with Crippen molar-refractivity contribution in [2.45, 2.75) is 6.42 Å². The summed E-state index contributed by atoms with van der Waals surface area (Å²) < 4.78 is 26.2. The molecular formula is C14H15F2N3. The van der Waals surface area contributed by atoms with Crippen LogP contribution in [-0.4, -0.2) is 18.1 Å². The zero-order valence-corrected chi connectivity index (χ0v) is 10.4. The number of anilines is 2. The van der Waals surface area contributed by atoms with Crippen LogP contribution in [0.25, 0.3) is 0 Å². The number of hydrogen-bond acceptors (Lipinski definition) is 3. The average molecular weight is 263 g/mol. The lowest BCUT2D eigenvalue weighted by molar-refractivity contribution is 0.620. The highest BCUT2D eigenvalue weighted by Gasteiger charge is 2.11. The smallest absolute Gasteiger partial charge is 0.141 e. The molecule has 2 aromatic rings. The van der Waals surface area contributed by atoms with Crippen molar-refractivity contribution in [1.82, 2.24) is 4.98 Å². The largest absolute Gasteiger partial charge is 0.330 e. The van der Waals surface area contributed by atoms with Crippen LogP contribution in [0, 0.1) is 11.6 Å². The molecule has 19 heavy (non-hydrogen) atoms. The number of aromatic nitrogens is 1. The first-order chi connectivity index (χ1) is 9.20. The molecule has 100 valence electrons. The summed E-state index contributed by atoms with van der Waals surface area (Å²) in [7, 11) is 0. The van der Waals surface area contributed by atoms with E-state index in [1.54, 1.807) is 18.2 Å². The van der Waals surface area contributed by atoms with Gasteiger partial charge in [-0.25, -0.2) is 13.8 Å². The van der Waals surface area contributed by atoms with E-state index in [0.717, 1.165) is 12.6 Å². The molecule has 0 fully saturated rings. The van der Waals surface area contributed by atoms with Crippen LogP contribution in [0.2, 0.25) is 0 Å². The van der Waals surface area contributed by atoms with E-state index < -0.39 is 5.82 Å². The van der Waals surface area contributed by atoms with Gasteiger partial charge in [0.2, 0.25) is 0 Å². The Labute approximate surface area is 110 Å². The van der Waals surface area contributed by atoms with Crippen molar-refractivity contribution in [2.75, 3.05) is 18.0 Å².